The van der Waals surface area contributed by atoms with Crippen LogP contribution < -0.4 is 4.18 Å². The standard InChI is InChI=1S/C10H14O5S/c1-7-3-4-10(15-16(2,13)14)9(6-12)8(7)5-11/h3-4,11-12H,5-6H2,1-2H3. The molecular weight excluding hydrogens is 232 g/mol. The van der Waals surface area contributed by atoms with Crippen molar-refractivity contribution >= 4 is 10.1 Å². The van der Waals surface area contributed by atoms with Crippen LogP contribution in [0.15, 0.2) is 12.1 Å². The minimum atomic E-state index is -3.64. The van der Waals surface area contributed by atoms with Gasteiger partial charge in [-0.2, -0.15) is 8.42 Å². The molecular formula is C10H14O5S. The van der Waals surface area contributed by atoms with Gasteiger partial charge in [-0.25, -0.2) is 0 Å². The molecule has 0 amide bonds. The summed E-state index contributed by atoms with van der Waals surface area (Å²) < 4.78 is 26.7. The lowest BCUT2D eigenvalue weighted by molar-refractivity contribution is 0.256. The topological polar surface area (TPSA) is 83.8 Å². The molecule has 0 fully saturated rings. The van der Waals surface area contributed by atoms with Crippen LogP contribution in [-0.2, 0) is 23.3 Å². The van der Waals surface area contributed by atoms with Crippen LogP contribution in [0.1, 0.15) is 16.7 Å². The van der Waals surface area contributed by atoms with Gasteiger partial charge in [0.2, 0.25) is 0 Å². The van der Waals surface area contributed by atoms with E-state index in [0.717, 1.165) is 11.8 Å². The number of rotatable bonds is 4. The highest BCUT2D eigenvalue weighted by molar-refractivity contribution is 7.86. The van der Waals surface area contributed by atoms with E-state index in [4.69, 9.17) is 14.4 Å². The van der Waals surface area contributed by atoms with E-state index in [1.165, 1.54) is 6.07 Å². The molecule has 90 valence electrons. The molecule has 1 aromatic rings. The minimum Gasteiger partial charge on any atom is -0.392 e. The quantitative estimate of drug-likeness (QED) is 0.747. The molecule has 6 heteroatoms. The maximum absolute atomic E-state index is 11.0. The van der Waals surface area contributed by atoms with E-state index in [2.05, 4.69) is 0 Å². The van der Waals surface area contributed by atoms with Crippen molar-refractivity contribution < 1.29 is 22.8 Å². The zero-order valence-electron chi connectivity index (χ0n) is 9.10. The summed E-state index contributed by atoms with van der Waals surface area (Å²) in [7, 11) is -3.64. The number of aryl methyl sites for hydroxylation is 1. The highest BCUT2D eigenvalue weighted by atomic mass is 32.2. The molecule has 0 saturated heterocycles. The highest BCUT2D eigenvalue weighted by Gasteiger charge is 2.14. The molecule has 1 rings (SSSR count). The van der Waals surface area contributed by atoms with Crippen molar-refractivity contribution in [3.8, 4) is 5.75 Å². The Morgan fingerprint density at radius 2 is 1.75 bits per heavy atom. The fourth-order valence-corrected chi connectivity index (χ4v) is 1.91. The first-order chi connectivity index (χ1) is 7.39. The Balaban J connectivity index is 3.30. The molecule has 0 aliphatic heterocycles. The summed E-state index contributed by atoms with van der Waals surface area (Å²) in [6.45, 7) is 1.10. The Labute approximate surface area is 94.4 Å². The van der Waals surface area contributed by atoms with E-state index < -0.39 is 10.1 Å². The van der Waals surface area contributed by atoms with Gasteiger partial charge in [-0.1, -0.05) is 6.07 Å². The second-order valence-electron chi connectivity index (χ2n) is 3.44. The molecule has 0 aliphatic carbocycles. The van der Waals surface area contributed by atoms with Crippen molar-refractivity contribution in [1.29, 1.82) is 0 Å². The van der Waals surface area contributed by atoms with Gasteiger partial charge in [0.25, 0.3) is 0 Å². The van der Waals surface area contributed by atoms with Crippen molar-refractivity contribution in [2.24, 2.45) is 0 Å². The van der Waals surface area contributed by atoms with Crippen molar-refractivity contribution in [2.75, 3.05) is 6.26 Å². The minimum absolute atomic E-state index is 0.0552. The summed E-state index contributed by atoms with van der Waals surface area (Å²) in [5.74, 6) is 0.0552. The smallest absolute Gasteiger partial charge is 0.306 e. The fourth-order valence-electron chi connectivity index (χ4n) is 1.42. The molecule has 0 saturated carbocycles. The summed E-state index contributed by atoms with van der Waals surface area (Å²) in [5, 5.41) is 18.3. The predicted molar refractivity (Wildman–Crippen MR) is 58.5 cm³/mol. The van der Waals surface area contributed by atoms with E-state index in [1.807, 2.05) is 0 Å². The molecule has 0 heterocycles. The van der Waals surface area contributed by atoms with Crippen LogP contribution in [-0.4, -0.2) is 24.9 Å². The summed E-state index contributed by atoms with van der Waals surface area (Å²) in [6, 6.07) is 3.09. The van der Waals surface area contributed by atoms with Gasteiger partial charge in [0, 0.05) is 5.56 Å². The number of aliphatic hydroxyl groups is 2. The lowest BCUT2D eigenvalue weighted by Gasteiger charge is -2.13. The molecule has 2 N–H and O–H groups in total. The second kappa shape index (κ2) is 4.82. The van der Waals surface area contributed by atoms with Gasteiger partial charge in [0.15, 0.2) is 0 Å². The van der Waals surface area contributed by atoms with Gasteiger partial charge in [-0.05, 0) is 24.1 Å². The summed E-state index contributed by atoms with van der Waals surface area (Å²) in [5.41, 5.74) is 1.56. The maximum Gasteiger partial charge on any atom is 0.306 e. The highest BCUT2D eigenvalue weighted by Crippen LogP contribution is 2.26. The van der Waals surface area contributed by atoms with Gasteiger partial charge >= 0.3 is 10.1 Å². The Hall–Kier alpha value is -1.11. The zero-order valence-corrected chi connectivity index (χ0v) is 9.91. The summed E-state index contributed by atoms with van der Waals surface area (Å²) in [4.78, 5) is 0. The molecule has 0 bridgehead atoms. The molecule has 0 atom stereocenters. The van der Waals surface area contributed by atoms with Crippen molar-refractivity contribution in [2.45, 2.75) is 20.1 Å². The monoisotopic (exact) mass is 246 g/mol. The third-order valence-electron chi connectivity index (χ3n) is 2.18. The van der Waals surface area contributed by atoms with Crippen molar-refractivity contribution in [1.82, 2.24) is 0 Å². The number of hydrogen-bond donors (Lipinski definition) is 2. The van der Waals surface area contributed by atoms with Gasteiger partial charge in [-0.15, -0.1) is 0 Å². The lowest BCUT2D eigenvalue weighted by atomic mass is 10.0. The van der Waals surface area contributed by atoms with Gasteiger partial charge in [0.05, 0.1) is 19.5 Å². The van der Waals surface area contributed by atoms with E-state index in [1.54, 1.807) is 13.0 Å². The van der Waals surface area contributed by atoms with E-state index in [0.29, 0.717) is 11.1 Å². The second-order valence-corrected chi connectivity index (χ2v) is 5.02. The van der Waals surface area contributed by atoms with E-state index >= 15 is 0 Å². The maximum atomic E-state index is 11.0. The number of benzene rings is 1. The first-order valence-electron chi connectivity index (χ1n) is 4.61. The van der Waals surface area contributed by atoms with Crippen molar-refractivity contribution in [3.05, 3.63) is 28.8 Å². The SMILES string of the molecule is Cc1ccc(OS(C)(=O)=O)c(CO)c1CO. The molecule has 5 nitrogen and oxygen atoms in total. The lowest BCUT2D eigenvalue weighted by Crippen LogP contribution is -2.09. The van der Waals surface area contributed by atoms with Gasteiger partial charge < -0.3 is 14.4 Å². The first-order valence-corrected chi connectivity index (χ1v) is 6.43. The van der Waals surface area contributed by atoms with Gasteiger partial charge in [-0.3, -0.25) is 0 Å². The van der Waals surface area contributed by atoms with Crippen LogP contribution in [0.25, 0.3) is 0 Å². The fraction of sp³-hybridized carbons (Fsp3) is 0.400. The van der Waals surface area contributed by atoms with Crippen LogP contribution >= 0.6 is 0 Å². The van der Waals surface area contributed by atoms with Crippen LogP contribution in [0.3, 0.4) is 0 Å². The molecule has 0 aliphatic rings. The Morgan fingerprint density at radius 3 is 2.19 bits per heavy atom. The van der Waals surface area contributed by atoms with Crippen LogP contribution in [0, 0.1) is 6.92 Å². The molecule has 1 aromatic carbocycles. The molecule has 0 spiro atoms. The average molecular weight is 246 g/mol. The Kier molecular flexibility index (Phi) is 3.90. The average Bonchev–Trinajstić information content (AvgIpc) is 2.18. The third-order valence-corrected chi connectivity index (χ3v) is 2.66. The Bertz CT molecular complexity index is 478. The van der Waals surface area contributed by atoms with Crippen LogP contribution in [0.4, 0.5) is 0 Å². The molecule has 0 aromatic heterocycles. The molecule has 0 unspecified atom stereocenters. The van der Waals surface area contributed by atoms with E-state index in [9.17, 15) is 8.42 Å². The van der Waals surface area contributed by atoms with Crippen LogP contribution in [0.2, 0.25) is 0 Å². The zero-order chi connectivity index (χ0) is 12.3. The molecule has 16 heavy (non-hydrogen) atoms. The predicted octanol–water partition coefficient (Wildman–Crippen LogP) is 0.318. The van der Waals surface area contributed by atoms with Crippen LogP contribution in [0.5, 0.6) is 5.75 Å². The summed E-state index contributed by atoms with van der Waals surface area (Å²) >= 11 is 0. The number of hydrogen-bond acceptors (Lipinski definition) is 5. The summed E-state index contributed by atoms with van der Waals surface area (Å²) in [6.07, 6.45) is 0.923. The normalized spacial score (nSPS) is 11.5. The molecule has 0 radical (unpaired) electrons. The third kappa shape index (κ3) is 2.94. The largest absolute Gasteiger partial charge is 0.392 e. The van der Waals surface area contributed by atoms with E-state index in [-0.39, 0.29) is 19.0 Å². The Morgan fingerprint density at radius 1 is 1.19 bits per heavy atom. The number of aliphatic hydroxyl groups excluding tert-OH is 2. The van der Waals surface area contributed by atoms with Gasteiger partial charge in [0.1, 0.15) is 5.75 Å². The van der Waals surface area contributed by atoms with Crippen molar-refractivity contribution in [3.63, 3.8) is 0 Å². The first kappa shape index (κ1) is 13.0.